The van der Waals surface area contributed by atoms with E-state index < -0.39 is 10.0 Å². The maximum absolute atomic E-state index is 12.7. The summed E-state index contributed by atoms with van der Waals surface area (Å²) in [4.78, 5) is 14.7. The molecular weight excluding hydrogens is 324 g/mol. The quantitative estimate of drug-likeness (QED) is 0.857. The number of fused-ring (bicyclic) bond motifs is 1. The number of carbonyl (C=O) groups is 1. The fourth-order valence-electron chi connectivity index (χ4n) is 2.83. The van der Waals surface area contributed by atoms with Gasteiger partial charge in [-0.1, -0.05) is 24.3 Å². The molecule has 0 N–H and O–H groups in total. The molecule has 126 valence electrons. The predicted molar refractivity (Wildman–Crippen MR) is 92.2 cm³/mol. The number of nitrogens with zero attached hydrogens (tertiary/aromatic N) is 2. The minimum Gasteiger partial charge on any atom is -0.334 e. The Morgan fingerprint density at radius 1 is 1.00 bits per heavy atom. The van der Waals surface area contributed by atoms with Crippen LogP contribution in [-0.4, -0.2) is 44.2 Å². The lowest BCUT2D eigenvalue weighted by atomic mass is 9.99. The average molecular weight is 344 g/mol. The minimum absolute atomic E-state index is 0.0710. The number of sulfonamides is 1. The zero-order valence-electron chi connectivity index (χ0n) is 13.8. The lowest BCUT2D eigenvalue weighted by Crippen LogP contribution is -2.35. The molecule has 0 spiro atoms. The Hall–Kier alpha value is -2.18. The summed E-state index contributed by atoms with van der Waals surface area (Å²) in [6, 6.07) is 14.3. The predicted octanol–water partition coefficient (Wildman–Crippen LogP) is 2.14. The van der Waals surface area contributed by atoms with Crippen molar-refractivity contribution in [1.82, 2.24) is 9.21 Å². The van der Waals surface area contributed by atoms with Crippen molar-refractivity contribution in [2.75, 3.05) is 20.6 Å². The van der Waals surface area contributed by atoms with Crippen LogP contribution in [0.1, 0.15) is 21.5 Å². The van der Waals surface area contributed by atoms with Gasteiger partial charge in [-0.05, 0) is 41.8 Å². The van der Waals surface area contributed by atoms with Gasteiger partial charge in [-0.15, -0.1) is 0 Å². The Balaban J connectivity index is 1.79. The minimum atomic E-state index is -3.48. The average Bonchev–Trinajstić information content (AvgIpc) is 2.60. The summed E-state index contributed by atoms with van der Waals surface area (Å²) in [5.74, 6) is -0.0710. The van der Waals surface area contributed by atoms with Gasteiger partial charge in [0.1, 0.15) is 0 Å². The molecule has 0 saturated carbocycles. The van der Waals surface area contributed by atoms with Crippen LogP contribution in [0, 0.1) is 0 Å². The van der Waals surface area contributed by atoms with Gasteiger partial charge >= 0.3 is 0 Å². The third-order valence-corrected chi connectivity index (χ3v) is 6.13. The number of benzene rings is 2. The van der Waals surface area contributed by atoms with Gasteiger partial charge in [0, 0.05) is 32.7 Å². The summed E-state index contributed by atoms with van der Waals surface area (Å²) in [5.41, 5.74) is 2.96. The second-order valence-corrected chi connectivity index (χ2v) is 8.21. The highest BCUT2D eigenvalue weighted by molar-refractivity contribution is 7.89. The molecule has 5 nitrogen and oxygen atoms in total. The van der Waals surface area contributed by atoms with Crippen molar-refractivity contribution >= 4 is 15.9 Å². The van der Waals surface area contributed by atoms with Crippen LogP contribution in [0.4, 0.5) is 0 Å². The monoisotopic (exact) mass is 344 g/mol. The van der Waals surface area contributed by atoms with E-state index in [0.29, 0.717) is 18.7 Å². The van der Waals surface area contributed by atoms with Gasteiger partial charge in [0.25, 0.3) is 5.91 Å². The first-order valence-electron chi connectivity index (χ1n) is 7.78. The first kappa shape index (κ1) is 16.7. The molecule has 1 heterocycles. The van der Waals surface area contributed by atoms with Crippen LogP contribution in [0.5, 0.6) is 0 Å². The lowest BCUT2D eigenvalue weighted by molar-refractivity contribution is 0.0734. The molecule has 0 atom stereocenters. The molecule has 2 aromatic carbocycles. The molecule has 0 radical (unpaired) electrons. The van der Waals surface area contributed by atoms with Crippen molar-refractivity contribution in [2.24, 2.45) is 0 Å². The highest BCUT2D eigenvalue weighted by atomic mass is 32.2. The van der Waals surface area contributed by atoms with Crippen LogP contribution in [0.15, 0.2) is 53.4 Å². The molecular formula is C18H20N2O3S. The standard InChI is InChI=1S/C18H20N2O3S/c1-19(2)24(22,23)17-9-7-15(8-10-17)18(21)20-12-11-14-5-3-4-6-16(14)13-20/h3-10H,11-13H2,1-2H3. The van der Waals surface area contributed by atoms with Gasteiger partial charge in [-0.25, -0.2) is 12.7 Å². The van der Waals surface area contributed by atoms with E-state index in [2.05, 4.69) is 6.07 Å². The van der Waals surface area contributed by atoms with Crippen LogP contribution < -0.4 is 0 Å². The van der Waals surface area contributed by atoms with Crippen molar-refractivity contribution in [3.8, 4) is 0 Å². The van der Waals surface area contributed by atoms with E-state index >= 15 is 0 Å². The molecule has 0 bridgehead atoms. The molecule has 2 aromatic rings. The largest absolute Gasteiger partial charge is 0.334 e. The van der Waals surface area contributed by atoms with E-state index in [9.17, 15) is 13.2 Å². The van der Waals surface area contributed by atoms with Gasteiger partial charge in [-0.3, -0.25) is 4.79 Å². The molecule has 0 unspecified atom stereocenters. The van der Waals surface area contributed by atoms with Crippen molar-refractivity contribution in [2.45, 2.75) is 17.9 Å². The van der Waals surface area contributed by atoms with Gasteiger partial charge < -0.3 is 4.90 Å². The van der Waals surface area contributed by atoms with Gasteiger partial charge in [0.05, 0.1) is 4.90 Å². The van der Waals surface area contributed by atoms with Gasteiger partial charge in [0.2, 0.25) is 10.0 Å². The zero-order valence-corrected chi connectivity index (χ0v) is 14.6. The Morgan fingerprint density at radius 2 is 1.62 bits per heavy atom. The van der Waals surface area contributed by atoms with Crippen LogP contribution in [0.3, 0.4) is 0 Å². The summed E-state index contributed by atoms with van der Waals surface area (Å²) in [6.07, 6.45) is 0.842. The summed E-state index contributed by atoms with van der Waals surface area (Å²) < 4.78 is 25.3. The molecule has 24 heavy (non-hydrogen) atoms. The zero-order chi connectivity index (χ0) is 17.3. The van der Waals surface area contributed by atoms with E-state index in [1.807, 2.05) is 18.2 Å². The maximum Gasteiger partial charge on any atom is 0.254 e. The highest BCUT2D eigenvalue weighted by Crippen LogP contribution is 2.21. The smallest absolute Gasteiger partial charge is 0.254 e. The number of hydrogen-bond donors (Lipinski definition) is 0. The van der Waals surface area contributed by atoms with E-state index in [4.69, 9.17) is 0 Å². The summed E-state index contributed by atoms with van der Waals surface area (Å²) in [5, 5.41) is 0. The fourth-order valence-corrected chi connectivity index (χ4v) is 3.73. The van der Waals surface area contributed by atoms with Gasteiger partial charge in [-0.2, -0.15) is 0 Å². The van der Waals surface area contributed by atoms with E-state index in [-0.39, 0.29) is 10.8 Å². The van der Waals surface area contributed by atoms with Crippen molar-refractivity contribution in [3.63, 3.8) is 0 Å². The molecule has 0 aromatic heterocycles. The Bertz CT molecular complexity index is 858. The maximum atomic E-state index is 12.7. The summed E-state index contributed by atoms with van der Waals surface area (Å²) >= 11 is 0. The second kappa shape index (κ2) is 6.37. The number of rotatable bonds is 3. The third-order valence-electron chi connectivity index (χ3n) is 4.30. The lowest BCUT2D eigenvalue weighted by Gasteiger charge is -2.29. The molecule has 0 aliphatic carbocycles. The fraction of sp³-hybridized carbons (Fsp3) is 0.278. The van der Waals surface area contributed by atoms with Gasteiger partial charge in [0.15, 0.2) is 0 Å². The second-order valence-electron chi connectivity index (χ2n) is 6.06. The first-order chi connectivity index (χ1) is 11.4. The van der Waals surface area contributed by atoms with E-state index in [0.717, 1.165) is 10.7 Å². The van der Waals surface area contributed by atoms with Crippen LogP contribution in [0.25, 0.3) is 0 Å². The molecule has 0 saturated heterocycles. The number of carbonyl (C=O) groups excluding carboxylic acids is 1. The summed E-state index contributed by atoms with van der Waals surface area (Å²) in [7, 11) is -0.504. The molecule has 6 heteroatoms. The van der Waals surface area contributed by atoms with E-state index in [1.54, 1.807) is 17.0 Å². The van der Waals surface area contributed by atoms with Crippen LogP contribution in [0.2, 0.25) is 0 Å². The third kappa shape index (κ3) is 3.07. The summed E-state index contributed by atoms with van der Waals surface area (Å²) in [6.45, 7) is 1.26. The molecule has 1 aliphatic rings. The topological polar surface area (TPSA) is 57.7 Å². The highest BCUT2D eigenvalue weighted by Gasteiger charge is 2.22. The molecule has 1 amide bonds. The molecule has 3 rings (SSSR count). The Morgan fingerprint density at radius 3 is 2.25 bits per heavy atom. The van der Waals surface area contributed by atoms with Crippen LogP contribution in [-0.2, 0) is 23.0 Å². The number of amides is 1. The van der Waals surface area contributed by atoms with Crippen molar-refractivity contribution < 1.29 is 13.2 Å². The first-order valence-corrected chi connectivity index (χ1v) is 9.22. The van der Waals surface area contributed by atoms with Crippen molar-refractivity contribution in [1.29, 1.82) is 0 Å². The normalized spacial score (nSPS) is 14.5. The number of hydrogen-bond acceptors (Lipinski definition) is 3. The van der Waals surface area contributed by atoms with Crippen LogP contribution >= 0.6 is 0 Å². The molecule has 1 aliphatic heterocycles. The van der Waals surface area contributed by atoms with E-state index in [1.165, 1.54) is 37.4 Å². The van der Waals surface area contributed by atoms with Crippen molar-refractivity contribution in [3.05, 3.63) is 65.2 Å². The Kier molecular flexibility index (Phi) is 4.43. The Labute approximate surface area is 142 Å². The molecule has 0 fully saturated rings. The SMILES string of the molecule is CN(C)S(=O)(=O)c1ccc(C(=O)N2CCc3ccccc3C2)cc1.